The Labute approximate surface area is 610 Å². The summed E-state index contributed by atoms with van der Waals surface area (Å²) in [4.78, 5) is 135. The van der Waals surface area contributed by atoms with Gasteiger partial charge in [-0.1, -0.05) is 77.8 Å². The van der Waals surface area contributed by atoms with E-state index in [1.54, 1.807) is 30.3 Å². The number of carbonyl (C=O) groups is 9. The lowest BCUT2D eigenvalue weighted by Gasteiger charge is -2.31. The van der Waals surface area contributed by atoms with Gasteiger partial charge in [0.05, 0.1) is 17.2 Å². The van der Waals surface area contributed by atoms with Gasteiger partial charge in [0.25, 0.3) is 5.91 Å². The molecular formula is C73H65Cl2N9O22. The third-order valence-corrected chi connectivity index (χ3v) is 18.0. The van der Waals surface area contributed by atoms with Crippen LogP contribution in [-0.4, -0.2) is 134 Å². The van der Waals surface area contributed by atoms with Crippen LogP contribution in [0.2, 0.25) is 10.0 Å². The van der Waals surface area contributed by atoms with Crippen molar-refractivity contribution in [2.45, 2.75) is 73.9 Å². The highest BCUT2D eigenvalue weighted by Crippen LogP contribution is 2.49. The zero-order chi connectivity index (χ0) is 75.4. The monoisotopic (exact) mass is 1490 g/mol. The highest BCUT2D eigenvalue weighted by Gasteiger charge is 2.42. The molecule has 14 rings (SSSR count). The van der Waals surface area contributed by atoms with Crippen molar-refractivity contribution < 1.29 is 107 Å². The maximum Gasteiger partial charge on any atom is 0.408 e. The molecule has 0 spiro atoms. The van der Waals surface area contributed by atoms with Gasteiger partial charge in [-0.15, -0.1) is 0 Å². The molecule has 17 bridgehead atoms. The largest absolute Gasteiger partial charge is 0.508 e. The molecule has 548 valence electrons. The Balaban J connectivity index is 1.09. The van der Waals surface area contributed by atoms with Crippen molar-refractivity contribution in [2.24, 2.45) is 5.73 Å². The lowest BCUT2D eigenvalue weighted by atomic mass is 9.89. The van der Waals surface area contributed by atoms with Crippen molar-refractivity contribution >= 4 is 76.6 Å². The summed E-state index contributed by atoms with van der Waals surface area (Å²) >= 11 is 14.2. The third kappa shape index (κ3) is 15.8. The Hall–Kier alpha value is -12.6. The van der Waals surface area contributed by atoms with Gasteiger partial charge in [0.1, 0.15) is 89.2 Å². The van der Waals surface area contributed by atoms with Crippen molar-refractivity contribution in [2.75, 3.05) is 26.8 Å². The Morgan fingerprint density at radius 1 is 0.594 bits per heavy atom. The average molecular weight is 1490 g/mol. The molecule has 106 heavy (non-hydrogen) atoms. The Kier molecular flexibility index (Phi) is 21.5. The molecule has 33 heteroatoms. The van der Waals surface area contributed by atoms with Gasteiger partial charge in [-0.3, -0.25) is 33.6 Å². The molecule has 9 atom stereocenters. The number of alkyl carbamates (subject to hydrolysis) is 1. The maximum atomic E-state index is 16.3. The fourth-order valence-electron chi connectivity index (χ4n) is 12.3. The van der Waals surface area contributed by atoms with Gasteiger partial charge in [-0.05, 0) is 118 Å². The summed E-state index contributed by atoms with van der Waals surface area (Å²) in [7, 11) is 0.949. The number of nitrogens with two attached hydrogens (primary N) is 1. The summed E-state index contributed by atoms with van der Waals surface area (Å²) in [6, 6.07) is 15.9. The first-order valence-corrected chi connectivity index (χ1v) is 33.3. The van der Waals surface area contributed by atoms with E-state index in [9.17, 15) is 50.1 Å². The van der Waals surface area contributed by atoms with E-state index in [-0.39, 0.29) is 86.1 Å². The van der Waals surface area contributed by atoms with Crippen LogP contribution in [0, 0.1) is 0 Å². The number of fused-ring (bicyclic) bond motifs is 14. The minimum Gasteiger partial charge on any atom is -0.508 e. The lowest BCUT2D eigenvalue weighted by Crippen LogP contribution is -2.55. The number of ether oxygens (including phenoxy) is 6. The van der Waals surface area contributed by atoms with Gasteiger partial charge in [-0.25, -0.2) is 9.59 Å². The molecule has 6 aliphatic heterocycles. The normalized spacial score (nSPS) is 20.1. The van der Waals surface area contributed by atoms with Gasteiger partial charge in [0.15, 0.2) is 35.1 Å². The summed E-state index contributed by atoms with van der Waals surface area (Å²) in [5.74, 6) is -15.7. The van der Waals surface area contributed by atoms with Gasteiger partial charge in [-0.2, -0.15) is 0 Å². The van der Waals surface area contributed by atoms with Crippen LogP contribution in [-0.2, 0) is 60.9 Å². The number of hydrogen-bond donors (Lipinski definition) is 16. The second kappa shape index (κ2) is 31.2. The molecule has 0 fully saturated rings. The van der Waals surface area contributed by atoms with Crippen molar-refractivity contribution in [1.29, 1.82) is 0 Å². The highest BCUT2D eigenvalue weighted by molar-refractivity contribution is 6.32. The topological polar surface area (TPSA) is 473 Å². The Morgan fingerprint density at radius 3 is 1.90 bits per heavy atom. The van der Waals surface area contributed by atoms with Gasteiger partial charge < -0.3 is 112 Å². The van der Waals surface area contributed by atoms with E-state index >= 15 is 28.8 Å². The van der Waals surface area contributed by atoms with Crippen molar-refractivity contribution in [3.8, 4) is 80.1 Å². The fourth-order valence-corrected chi connectivity index (χ4v) is 12.7. The van der Waals surface area contributed by atoms with Crippen molar-refractivity contribution in [3.05, 3.63) is 200 Å². The fraction of sp³-hybridized carbons (Fsp3) is 0.219. The molecule has 8 aromatic rings. The molecule has 31 nitrogen and oxygen atoms in total. The summed E-state index contributed by atoms with van der Waals surface area (Å²) < 4.78 is 36.5. The zero-order valence-electron chi connectivity index (χ0n) is 55.4. The smallest absolute Gasteiger partial charge is 0.408 e. The van der Waals surface area contributed by atoms with E-state index < -0.39 is 190 Å². The molecule has 6 heterocycles. The number of rotatable bonds is 11. The number of phenols is 5. The van der Waals surface area contributed by atoms with E-state index in [4.69, 9.17) is 57.4 Å². The van der Waals surface area contributed by atoms with Crippen LogP contribution in [0.4, 0.5) is 4.79 Å². The highest BCUT2D eigenvalue weighted by atomic mass is 35.5. The van der Waals surface area contributed by atoms with Crippen LogP contribution in [0.1, 0.15) is 87.2 Å². The minimum atomic E-state index is -2.30. The summed E-state index contributed by atoms with van der Waals surface area (Å²) in [5, 5.41) is 100. The van der Waals surface area contributed by atoms with Crippen LogP contribution in [0.3, 0.4) is 0 Å². The first-order valence-electron chi connectivity index (χ1n) is 32.5. The molecule has 0 aromatic heterocycles. The number of carbonyl (C=O) groups excluding carboxylic acids is 9. The first-order chi connectivity index (χ1) is 50.8. The molecule has 1 unspecified atom stereocenters. The second-order valence-electron chi connectivity index (χ2n) is 24.6. The predicted octanol–water partition coefficient (Wildman–Crippen LogP) is 5.54. The van der Waals surface area contributed by atoms with Crippen LogP contribution in [0.25, 0.3) is 11.1 Å². The quantitative estimate of drug-likeness (QED) is 0.0707. The number of hydrogen-bond acceptors (Lipinski definition) is 23. The molecule has 0 aliphatic carbocycles. The number of methoxy groups -OCH3 is 1. The average Bonchev–Trinajstić information content (AvgIpc) is 0.773. The van der Waals surface area contributed by atoms with E-state index in [2.05, 4.69) is 42.5 Å². The molecule has 0 radical (unpaired) electrons. The third-order valence-electron chi connectivity index (χ3n) is 17.4. The molecule has 0 saturated carbocycles. The van der Waals surface area contributed by atoms with Crippen LogP contribution >= 0.6 is 23.2 Å². The molecule has 8 amide bonds. The maximum absolute atomic E-state index is 16.3. The zero-order valence-corrected chi connectivity index (χ0v) is 56.9. The van der Waals surface area contributed by atoms with Crippen LogP contribution < -0.4 is 67.2 Å². The SMILES string of the molecule is COC(=O)[C@H]1NC(=O)[C@H]2NC(=O)[C@H](NC(=O)[C@@H]3NC(=O)[C@H]4NC(=O)[C@@H](Cc5ccc(c(Cl)c5)Oc5cc3cc(c5OC(CCO)C(=O)NCCN)Oc3ccc(cc3Cl)[C@H]2O)NC(=O)[C@@H](NC(=O)OCc2ccccc2)c2ccc(O)c(c2)Oc2cc(O)cc4c2)c2ccc(O)c(c2)-c2c(O)cc(O)cc21. The Morgan fingerprint density at radius 2 is 1.22 bits per heavy atom. The number of benzene rings is 8. The van der Waals surface area contributed by atoms with E-state index in [1.807, 2.05) is 0 Å². The van der Waals surface area contributed by atoms with Gasteiger partial charge in [0.2, 0.25) is 41.2 Å². The number of esters is 1. The van der Waals surface area contributed by atoms with E-state index in [0.717, 1.165) is 79.9 Å². The summed E-state index contributed by atoms with van der Waals surface area (Å²) in [6.45, 7) is -1.05. The van der Waals surface area contributed by atoms with Crippen LogP contribution in [0.15, 0.2) is 146 Å². The second-order valence-corrected chi connectivity index (χ2v) is 25.4. The number of amides is 8. The minimum absolute atomic E-state index is 0.0375. The standard InChI is InChI=1S/C73H65Cl2N9O22/c1-101-72(99)61-43-29-40(87)30-49(90)56(43)42-23-34(8-11-47(42)88)57-68(95)83-62(71(98)82-61)63(91)36-10-14-51(45(75)24-36)105-55-27-38-26-54(64(55)106-52(15-18-85)66(93)77-17-16-76)104-50-13-7-33(19-44(50)74)20-46-65(92)79-59(69(96)81-60(38)70(97)80-57)37-21-39(86)28-41(22-37)103-53-25-35(9-12-48(53)89)58(67(94)78-46)84-73(100)102-31-32-5-3-2-4-6-32/h2-14,19,21-30,46,52,57-63,85-91H,15-18,20,31,76H2,1H3,(H,77,93)(H,78,94)(H,79,92)(H,80,97)(H,81,96)(H,82,98)(H,83,95)(H,84,100)/t46-,52?,57-,58+,59+,60-,61+,62+,63-/m1/s1. The van der Waals surface area contributed by atoms with Crippen molar-refractivity contribution in [3.63, 3.8) is 0 Å². The number of nitrogens with one attached hydrogen (secondary N) is 8. The lowest BCUT2D eigenvalue weighted by molar-refractivity contribution is -0.146. The molecule has 0 saturated heterocycles. The van der Waals surface area contributed by atoms with E-state index in [0.29, 0.717) is 5.56 Å². The molecule has 8 aromatic carbocycles. The number of aliphatic hydroxyl groups is 2. The molecule has 6 aliphatic rings. The number of phenolic OH excluding ortho intramolecular Hbond substituents is 5. The summed E-state index contributed by atoms with van der Waals surface area (Å²) in [5.41, 5.74) is 4.05. The predicted molar refractivity (Wildman–Crippen MR) is 371 cm³/mol. The van der Waals surface area contributed by atoms with Gasteiger partial charge in [0, 0.05) is 61.4 Å². The van der Waals surface area contributed by atoms with Crippen LogP contribution in [0.5, 0.6) is 69.0 Å². The molecule has 17 N–H and O–H groups in total. The molecular weight excluding hydrogens is 1430 g/mol. The van der Waals surface area contributed by atoms with E-state index in [1.165, 1.54) is 42.5 Å². The summed E-state index contributed by atoms with van der Waals surface area (Å²) in [6.07, 6.45) is -5.83. The number of halogens is 2. The number of aromatic hydroxyl groups is 5. The van der Waals surface area contributed by atoms with Gasteiger partial charge >= 0.3 is 12.1 Å². The Bertz CT molecular complexity index is 4860. The first kappa shape index (κ1) is 73.2. The van der Waals surface area contributed by atoms with Crippen molar-refractivity contribution in [1.82, 2.24) is 42.5 Å². The number of aliphatic hydroxyl groups excluding tert-OH is 2.